The monoisotopic (exact) mass is 346 g/mol. The largest absolute Gasteiger partial charge is 0.346 e. The van der Waals surface area contributed by atoms with Crippen molar-refractivity contribution in [3.8, 4) is 0 Å². The number of benzene rings is 2. The minimum absolute atomic E-state index is 0.0429. The molecule has 2 rings (SSSR count). The number of amides is 1. The molecular weight excluding hydrogens is 328 g/mol. The Hall–Kier alpha value is -1.65. The van der Waals surface area contributed by atoms with Crippen LogP contribution < -0.4 is 11.1 Å². The highest BCUT2D eigenvalue weighted by Gasteiger charge is 2.11. The van der Waals surface area contributed by atoms with E-state index >= 15 is 0 Å². The fraction of sp³-hybridized carbons (Fsp3) is 0.235. The molecular formula is C17H19BrN2O. The molecule has 4 heteroatoms. The molecule has 2 aromatic carbocycles. The quantitative estimate of drug-likeness (QED) is 0.871. The van der Waals surface area contributed by atoms with E-state index in [1.54, 1.807) is 0 Å². The minimum Gasteiger partial charge on any atom is -0.346 e. The summed E-state index contributed by atoms with van der Waals surface area (Å²) in [5, 5.41) is 3.01. The molecule has 0 bridgehead atoms. The minimum atomic E-state index is -0.0678. The van der Waals surface area contributed by atoms with Gasteiger partial charge in [0.1, 0.15) is 0 Å². The third kappa shape index (κ3) is 4.41. The molecule has 0 fully saturated rings. The maximum Gasteiger partial charge on any atom is 0.251 e. The Bertz CT molecular complexity index is 610. The first-order valence-corrected chi connectivity index (χ1v) is 7.75. The molecule has 0 heterocycles. The number of halogens is 1. The van der Waals surface area contributed by atoms with E-state index in [1.165, 1.54) is 0 Å². The Kier molecular flexibility index (Phi) is 5.53. The number of nitrogens with one attached hydrogen (secondary N) is 1. The Morgan fingerprint density at radius 3 is 2.57 bits per heavy atom. The fourth-order valence-electron chi connectivity index (χ4n) is 2.13. The highest BCUT2D eigenvalue weighted by atomic mass is 79.9. The number of hydrogen-bond donors (Lipinski definition) is 2. The van der Waals surface area contributed by atoms with Crippen molar-refractivity contribution in [2.45, 2.75) is 19.4 Å². The zero-order valence-electron chi connectivity index (χ0n) is 12.0. The molecule has 3 N–H and O–H groups in total. The van der Waals surface area contributed by atoms with Gasteiger partial charge in [-0.15, -0.1) is 0 Å². The predicted octanol–water partition coefficient (Wildman–Crippen LogP) is 3.44. The molecule has 0 radical (unpaired) electrons. The van der Waals surface area contributed by atoms with Crippen LogP contribution in [0.2, 0.25) is 0 Å². The van der Waals surface area contributed by atoms with Crippen molar-refractivity contribution in [3.05, 3.63) is 69.7 Å². The van der Waals surface area contributed by atoms with Crippen LogP contribution in [0, 0.1) is 0 Å². The number of carbonyl (C=O) groups is 1. The van der Waals surface area contributed by atoms with Gasteiger partial charge in [0, 0.05) is 10.0 Å². The van der Waals surface area contributed by atoms with E-state index < -0.39 is 0 Å². The molecule has 21 heavy (non-hydrogen) atoms. The molecule has 110 valence electrons. The van der Waals surface area contributed by atoms with Gasteiger partial charge < -0.3 is 11.1 Å². The summed E-state index contributed by atoms with van der Waals surface area (Å²) in [7, 11) is 0. The van der Waals surface area contributed by atoms with E-state index in [1.807, 2.05) is 55.5 Å². The Morgan fingerprint density at radius 1 is 1.24 bits per heavy atom. The van der Waals surface area contributed by atoms with E-state index in [0.29, 0.717) is 12.1 Å². The van der Waals surface area contributed by atoms with Gasteiger partial charge >= 0.3 is 0 Å². The van der Waals surface area contributed by atoms with Crippen LogP contribution in [0.3, 0.4) is 0 Å². The zero-order valence-corrected chi connectivity index (χ0v) is 13.6. The van der Waals surface area contributed by atoms with Gasteiger partial charge in [-0.3, -0.25) is 4.79 Å². The maximum atomic E-state index is 12.2. The van der Waals surface area contributed by atoms with Gasteiger partial charge in [0.2, 0.25) is 0 Å². The average Bonchev–Trinajstić information content (AvgIpc) is 2.48. The number of carbonyl (C=O) groups excluding carboxylic acids is 1. The van der Waals surface area contributed by atoms with E-state index in [2.05, 4.69) is 21.2 Å². The highest BCUT2D eigenvalue weighted by molar-refractivity contribution is 9.10. The van der Waals surface area contributed by atoms with Crippen LogP contribution >= 0.6 is 15.9 Å². The Morgan fingerprint density at radius 2 is 1.95 bits per heavy atom. The molecule has 1 atom stereocenters. The van der Waals surface area contributed by atoms with Gasteiger partial charge in [-0.05, 0) is 55.3 Å². The summed E-state index contributed by atoms with van der Waals surface area (Å²) >= 11 is 3.44. The van der Waals surface area contributed by atoms with Gasteiger partial charge in [0.15, 0.2) is 0 Å². The van der Waals surface area contributed by atoms with Crippen molar-refractivity contribution >= 4 is 21.8 Å². The van der Waals surface area contributed by atoms with Crippen molar-refractivity contribution < 1.29 is 4.79 Å². The molecule has 0 aliphatic rings. The summed E-state index contributed by atoms with van der Waals surface area (Å²) in [5.74, 6) is -0.0678. The second-order valence-electron chi connectivity index (χ2n) is 4.99. The van der Waals surface area contributed by atoms with E-state index in [4.69, 9.17) is 5.73 Å². The molecule has 0 saturated heterocycles. The predicted molar refractivity (Wildman–Crippen MR) is 89.2 cm³/mol. The summed E-state index contributed by atoms with van der Waals surface area (Å²) in [6.07, 6.45) is 0.830. The first-order chi connectivity index (χ1) is 10.1. The molecule has 0 spiro atoms. The van der Waals surface area contributed by atoms with Gasteiger partial charge in [0.05, 0.1) is 6.04 Å². The molecule has 3 nitrogen and oxygen atoms in total. The summed E-state index contributed by atoms with van der Waals surface area (Å²) in [5.41, 5.74) is 8.40. The van der Waals surface area contributed by atoms with Crippen LogP contribution in [-0.2, 0) is 6.42 Å². The summed E-state index contributed by atoms with van der Waals surface area (Å²) < 4.78 is 1.01. The zero-order chi connectivity index (χ0) is 15.2. The molecule has 0 saturated carbocycles. The topological polar surface area (TPSA) is 55.1 Å². The third-order valence-electron chi connectivity index (χ3n) is 3.35. The van der Waals surface area contributed by atoms with Crippen molar-refractivity contribution in [2.24, 2.45) is 5.73 Å². The molecule has 1 unspecified atom stereocenters. The lowest BCUT2D eigenvalue weighted by Gasteiger charge is -2.15. The summed E-state index contributed by atoms with van der Waals surface area (Å²) in [4.78, 5) is 12.2. The van der Waals surface area contributed by atoms with Crippen LogP contribution in [-0.4, -0.2) is 12.5 Å². The van der Waals surface area contributed by atoms with Gasteiger partial charge in [0.25, 0.3) is 5.91 Å². The fourth-order valence-corrected chi connectivity index (χ4v) is 2.55. The van der Waals surface area contributed by atoms with Crippen molar-refractivity contribution in [1.29, 1.82) is 0 Å². The molecule has 2 aromatic rings. The van der Waals surface area contributed by atoms with Gasteiger partial charge in [-0.1, -0.05) is 40.2 Å². The van der Waals surface area contributed by atoms with Crippen LogP contribution in [0.25, 0.3) is 0 Å². The summed E-state index contributed by atoms with van der Waals surface area (Å²) in [6.45, 7) is 2.59. The first-order valence-electron chi connectivity index (χ1n) is 6.95. The molecule has 0 aliphatic carbocycles. The van der Waals surface area contributed by atoms with Crippen LogP contribution in [0.5, 0.6) is 0 Å². The second kappa shape index (κ2) is 7.38. The van der Waals surface area contributed by atoms with Crippen molar-refractivity contribution in [2.75, 3.05) is 6.54 Å². The molecule has 1 amide bonds. The number of rotatable bonds is 5. The van der Waals surface area contributed by atoms with Crippen molar-refractivity contribution in [1.82, 2.24) is 5.32 Å². The number of hydrogen-bond acceptors (Lipinski definition) is 2. The van der Waals surface area contributed by atoms with Gasteiger partial charge in [-0.2, -0.15) is 0 Å². The SMILES string of the molecule is CC(NC(=O)c1ccc(CCN)cc1)c1cccc(Br)c1. The molecule has 0 aliphatic heterocycles. The Labute approximate surface area is 133 Å². The average molecular weight is 347 g/mol. The summed E-state index contributed by atoms with van der Waals surface area (Å²) in [6, 6.07) is 15.5. The first kappa shape index (κ1) is 15.7. The van der Waals surface area contributed by atoms with Crippen molar-refractivity contribution in [3.63, 3.8) is 0 Å². The lowest BCUT2D eigenvalue weighted by atomic mass is 10.1. The smallest absolute Gasteiger partial charge is 0.251 e. The third-order valence-corrected chi connectivity index (χ3v) is 3.84. The van der Waals surface area contributed by atoms with E-state index in [-0.39, 0.29) is 11.9 Å². The van der Waals surface area contributed by atoms with Crippen LogP contribution in [0.4, 0.5) is 0 Å². The maximum absolute atomic E-state index is 12.2. The van der Waals surface area contributed by atoms with E-state index in [0.717, 1.165) is 22.0 Å². The normalized spacial score (nSPS) is 12.0. The second-order valence-corrected chi connectivity index (χ2v) is 5.90. The number of nitrogens with two attached hydrogens (primary N) is 1. The molecule has 0 aromatic heterocycles. The van der Waals surface area contributed by atoms with Gasteiger partial charge in [-0.25, -0.2) is 0 Å². The van der Waals surface area contributed by atoms with E-state index in [9.17, 15) is 4.79 Å². The highest BCUT2D eigenvalue weighted by Crippen LogP contribution is 2.18. The Balaban J connectivity index is 2.03. The van der Waals surface area contributed by atoms with Crippen LogP contribution in [0.1, 0.15) is 34.5 Å². The van der Waals surface area contributed by atoms with Crippen LogP contribution in [0.15, 0.2) is 53.0 Å². The lowest BCUT2D eigenvalue weighted by molar-refractivity contribution is 0.0940. The standard InChI is InChI=1S/C17H19BrN2O/c1-12(15-3-2-4-16(18)11-15)20-17(21)14-7-5-13(6-8-14)9-10-19/h2-8,11-12H,9-10,19H2,1H3,(H,20,21). The lowest BCUT2D eigenvalue weighted by Crippen LogP contribution is -2.26.